The van der Waals surface area contributed by atoms with Crippen LogP contribution in [0.4, 0.5) is 0 Å². The van der Waals surface area contributed by atoms with Crippen molar-refractivity contribution in [3.05, 3.63) is 28.0 Å². The second kappa shape index (κ2) is 4.93. The first-order chi connectivity index (χ1) is 7.33. The van der Waals surface area contributed by atoms with Crippen molar-refractivity contribution in [3.63, 3.8) is 0 Å². The van der Waals surface area contributed by atoms with E-state index in [0.717, 1.165) is 4.47 Å². The Hall–Kier alpha value is -0.940. The number of rotatable bonds is 2. The molecule has 0 bridgehead atoms. The Morgan fingerprint density at radius 2 is 2.19 bits per heavy atom. The first-order valence-electron chi connectivity index (χ1n) is 4.91. The topological polar surface area (TPSA) is 65.2 Å². The fourth-order valence-corrected chi connectivity index (χ4v) is 1.47. The summed E-state index contributed by atoms with van der Waals surface area (Å²) in [6.07, 6.45) is 1.61. The van der Waals surface area contributed by atoms with E-state index in [-0.39, 0.29) is 6.54 Å². The van der Waals surface area contributed by atoms with Crippen molar-refractivity contribution < 1.29 is 9.53 Å². The summed E-state index contributed by atoms with van der Waals surface area (Å²) < 4.78 is 5.99. The van der Waals surface area contributed by atoms with E-state index in [1.165, 1.54) is 0 Å². The molecule has 0 saturated heterocycles. The smallest absolute Gasteiger partial charge is 0.340 e. The molecule has 88 valence electrons. The number of nitrogens with zero attached hydrogens (tertiary/aromatic N) is 1. The van der Waals surface area contributed by atoms with Crippen LogP contribution in [-0.2, 0) is 11.3 Å². The summed E-state index contributed by atoms with van der Waals surface area (Å²) >= 11 is 3.26. The lowest BCUT2D eigenvalue weighted by Crippen LogP contribution is -2.25. The molecule has 1 rings (SSSR count). The number of aromatic nitrogens is 1. The summed E-state index contributed by atoms with van der Waals surface area (Å²) in [5.74, 6) is -0.401. The standard InChI is InChI=1S/C11H15BrN2O2/c1-11(2,3)16-10(15)8-4-7(12)6-14-9(8)5-13/h4,6H,5,13H2,1-3H3. The summed E-state index contributed by atoms with van der Waals surface area (Å²) in [5, 5.41) is 0. The van der Waals surface area contributed by atoms with Crippen molar-refractivity contribution in [2.24, 2.45) is 5.73 Å². The first-order valence-corrected chi connectivity index (χ1v) is 5.70. The van der Waals surface area contributed by atoms with Gasteiger partial charge in [0, 0.05) is 17.2 Å². The van der Waals surface area contributed by atoms with Crippen molar-refractivity contribution in [1.29, 1.82) is 0 Å². The van der Waals surface area contributed by atoms with Gasteiger partial charge in [0.1, 0.15) is 5.60 Å². The van der Waals surface area contributed by atoms with E-state index in [0.29, 0.717) is 11.3 Å². The van der Waals surface area contributed by atoms with Crippen molar-refractivity contribution in [3.8, 4) is 0 Å². The third-order valence-corrected chi connectivity index (χ3v) is 2.18. The molecule has 0 aliphatic heterocycles. The first kappa shape index (κ1) is 13.1. The van der Waals surface area contributed by atoms with Crippen molar-refractivity contribution in [2.45, 2.75) is 32.9 Å². The van der Waals surface area contributed by atoms with Crippen LogP contribution in [0.25, 0.3) is 0 Å². The molecule has 0 aliphatic rings. The molecule has 1 heterocycles. The minimum Gasteiger partial charge on any atom is -0.456 e. The van der Waals surface area contributed by atoms with Crippen LogP contribution in [0.3, 0.4) is 0 Å². The predicted octanol–water partition coefficient (Wildman–Crippen LogP) is 2.26. The van der Waals surface area contributed by atoms with Gasteiger partial charge in [-0.15, -0.1) is 0 Å². The van der Waals surface area contributed by atoms with Gasteiger partial charge in [-0.05, 0) is 42.8 Å². The van der Waals surface area contributed by atoms with Gasteiger partial charge in [-0.1, -0.05) is 0 Å². The van der Waals surface area contributed by atoms with E-state index in [1.807, 2.05) is 20.8 Å². The Kier molecular flexibility index (Phi) is 4.04. The Balaban J connectivity index is 3.02. The second-order valence-electron chi connectivity index (χ2n) is 4.35. The van der Waals surface area contributed by atoms with Gasteiger partial charge >= 0.3 is 5.97 Å². The molecule has 0 amide bonds. The largest absolute Gasteiger partial charge is 0.456 e. The Morgan fingerprint density at radius 1 is 1.56 bits per heavy atom. The number of carbonyl (C=O) groups is 1. The third kappa shape index (κ3) is 3.57. The highest BCUT2D eigenvalue weighted by Crippen LogP contribution is 2.18. The maximum absolute atomic E-state index is 11.9. The van der Waals surface area contributed by atoms with Gasteiger partial charge in [-0.2, -0.15) is 0 Å². The second-order valence-corrected chi connectivity index (χ2v) is 5.27. The number of esters is 1. The Labute approximate surface area is 103 Å². The highest BCUT2D eigenvalue weighted by Gasteiger charge is 2.20. The minimum absolute atomic E-state index is 0.210. The summed E-state index contributed by atoms with van der Waals surface area (Å²) in [6, 6.07) is 1.67. The van der Waals surface area contributed by atoms with Gasteiger partial charge in [0.15, 0.2) is 0 Å². The van der Waals surface area contributed by atoms with E-state index in [4.69, 9.17) is 10.5 Å². The lowest BCUT2D eigenvalue weighted by Gasteiger charge is -2.20. The lowest BCUT2D eigenvalue weighted by molar-refractivity contribution is 0.00677. The van der Waals surface area contributed by atoms with Gasteiger partial charge in [-0.25, -0.2) is 4.79 Å². The van der Waals surface area contributed by atoms with E-state index in [9.17, 15) is 4.79 Å². The fourth-order valence-electron chi connectivity index (χ4n) is 1.14. The van der Waals surface area contributed by atoms with Crippen LogP contribution in [0, 0.1) is 0 Å². The summed E-state index contributed by atoms with van der Waals surface area (Å²) in [4.78, 5) is 15.9. The molecule has 2 N–H and O–H groups in total. The van der Waals surface area contributed by atoms with E-state index in [2.05, 4.69) is 20.9 Å². The van der Waals surface area contributed by atoms with Crippen molar-refractivity contribution in [1.82, 2.24) is 4.98 Å². The van der Waals surface area contributed by atoms with Gasteiger partial charge in [0.05, 0.1) is 11.3 Å². The zero-order valence-corrected chi connectivity index (χ0v) is 11.2. The van der Waals surface area contributed by atoms with Crippen LogP contribution in [0.15, 0.2) is 16.7 Å². The molecule has 0 aromatic carbocycles. The van der Waals surface area contributed by atoms with Crippen LogP contribution in [0.5, 0.6) is 0 Å². The van der Waals surface area contributed by atoms with Crippen LogP contribution < -0.4 is 5.73 Å². The molecular weight excluding hydrogens is 272 g/mol. The molecule has 1 aromatic rings. The van der Waals surface area contributed by atoms with E-state index < -0.39 is 11.6 Å². The maximum Gasteiger partial charge on any atom is 0.340 e. The SMILES string of the molecule is CC(C)(C)OC(=O)c1cc(Br)cnc1CN. The molecule has 16 heavy (non-hydrogen) atoms. The molecule has 0 radical (unpaired) electrons. The zero-order chi connectivity index (χ0) is 12.3. The number of hydrogen-bond donors (Lipinski definition) is 1. The summed E-state index contributed by atoms with van der Waals surface area (Å²) in [6.45, 7) is 5.66. The number of ether oxygens (including phenoxy) is 1. The zero-order valence-electron chi connectivity index (χ0n) is 9.58. The predicted molar refractivity (Wildman–Crippen MR) is 65.0 cm³/mol. The molecule has 0 unspecified atom stereocenters. The van der Waals surface area contributed by atoms with Crippen LogP contribution in [0.1, 0.15) is 36.8 Å². The van der Waals surface area contributed by atoms with Crippen molar-refractivity contribution in [2.75, 3.05) is 0 Å². The minimum atomic E-state index is -0.523. The monoisotopic (exact) mass is 286 g/mol. The molecule has 0 aliphatic carbocycles. The number of hydrogen-bond acceptors (Lipinski definition) is 4. The quantitative estimate of drug-likeness (QED) is 0.847. The van der Waals surface area contributed by atoms with Gasteiger partial charge in [-0.3, -0.25) is 4.98 Å². The number of pyridine rings is 1. The Bertz CT molecular complexity index is 399. The van der Waals surface area contributed by atoms with E-state index in [1.54, 1.807) is 12.3 Å². The molecule has 5 heteroatoms. The average molecular weight is 287 g/mol. The maximum atomic E-state index is 11.9. The fraction of sp³-hybridized carbons (Fsp3) is 0.455. The van der Waals surface area contributed by atoms with Gasteiger partial charge < -0.3 is 10.5 Å². The molecule has 1 aromatic heterocycles. The number of nitrogens with two attached hydrogens (primary N) is 1. The van der Waals surface area contributed by atoms with Crippen LogP contribution in [0.2, 0.25) is 0 Å². The summed E-state index contributed by atoms with van der Waals surface area (Å²) in [5.41, 5.74) is 5.94. The highest BCUT2D eigenvalue weighted by molar-refractivity contribution is 9.10. The van der Waals surface area contributed by atoms with Crippen LogP contribution >= 0.6 is 15.9 Å². The van der Waals surface area contributed by atoms with Crippen LogP contribution in [-0.4, -0.2) is 16.6 Å². The third-order valence-electron chi connectivity index (χ3n) is 1.75. The normalized spacial score (nSPS) is 11.3. The molecule has 0 fully saturated rings. The lowest BCUT2D eigenvalue weighted by atomic mass is 10.1. The Morgan fingerprint density at radius 3 is 2.69 bits per heavy atom. The van der Waals surface area contributed by atoms with Crippen molar-refractivity contribution >= 4 is 21.9 Å². The highest BCUT2D eigenvalue weighted by atomic mass is 79.9. The molecular formula is C11H15BrN2O2. The number of carbonyl (C=O) groups excluding carboxylic acids is 1. The molecule has 0 saturated carbocycles. The van der Waals surface area contributed by atoms with E-state index >= 15 is 0 Å². The number of halogens is 1. The average Bonchev–Trinajstić information content (AvgIpc) is 2.15. The molecule has 0 spiro atoms. The van der Waals surface area contributed by atoms with Gasteiger partial charge in [0.2, 0.25) is 0 Å². The molecule has 4 nitrogen and oxygen atoms in total. The van der Waals surface area contributed by atoms with Gasteiger partial charge in [0.25, 0.3) is 0 Å². The summed E-state index contributed by atoms with van der Waals surface area (Å²) in [7, 11) is 0. The molecule has 0 atom stereocenters.